The van der Waals surface area contributed by atoms with E-state index in [1.807, 2.05) is 6.20 Å². The fraction of sp³-hybridized carbons (Fsp3) is 0.400. The number of fused-ring (bicyclic) bond motifs is 1. The van der Waals surface area contributed by atoms with Crippen LogP contribution < -0.4 is 14.8 Å². The second-order valence-electron chi connectivity index (χ2n) is 5.08. The molecule has 3 rings (SSSR count). The summed E-state index contributed by atoms with van der Waals surface area (Å²) in [7, 11) is 1.71. The Bertz CT molecular complexity index is 581. The van der Waals surface area contributed by atoms with Crippen molar-refractivity contribution in [2.75, 3.05) is 7.11 Å². The van der Waals surface area contributed by atoms with Gasteiger partial charge in [0.25, 0.3) is 0 Å². The Hall–Kier alpha value is -2.01. The highest BCUT2D eigenvalue weighted by molar-refractivity contribution is 5.48. The average molecular weight is 273 g/mol. The summed E-state index contributed by atoms with van der Waals surface area (Å²) in [6.07, 6.45) is 4.70. The first-order chi connectivity index (χ1) is 9.76. The molecule has 0 bridgehead atoms. The summed E-state index contributed by atoms with van der Waals surface area (Å²) in [5.41, 5.74) is 3.40. The predicted octanol–water partition coefficient (Wildman–Crippen LogP) is 2.03. The second kappa shape index (κ2) is 5.54. The molecule has 1 aliphatic rings. The molecule has 1 aromatic heterocycles. The molecule has 0 aliphatic carbocycles. The number of H-pyrrole nitrogens is 1. The first-order valence-electron chi connectivity index (χ1n) is 6.80. The molecule has 2 N–H and O–H groups in total. The summed E-state index contributed by atoms with van der Waals surface area (Å²) < 4.78 is 11.3. The normalized spacial score (nSPS) is 16.8. The Labute approximate surface area is 118 Å². The number of rotatable bonds is 5. The van der Waals surface area contributed by atoms with Gasteiger partial charge in [-0.3, -0.25) is 0 Å². The number of hydrogen-bond donors (Lipinski definition) is 2. The van der Waals surface area contributed by atoms with E-state index < -0.39 is 0 Å². The topological polar surface area (TPSA) is 59.2 Å². The van der Waals surface area contributed by atoms with E-state index in [1.165, 1.54) is 5.56 Å². The van der Waals surface area contributed by atoms with E-state index in [-0.39, 0.29) is 6.10 Å². The molecule has 0 spiro atoms. The fourth-order valence-corrected chi connectivity index (χ4v) is 2.52. The first kappa shape index (κ1) is 13.0. The molecule has 20 heavy (non-hydrogen) atoms. The van der Waals surface area contributed by atoms with Crippen molar-refractivity contribution in [1.82, 2.24) is 15.3 Å². The van der Waals surface area contributed by atoms with Crippen LogP contribution in [-0.2, 0) is 19.5 Å². The second-order valence-corrected chi connectivity index (χ2v) is 5.08. The van der Waals surface area contributed by atoms with E-state index in [1.54, 1.807) is 13.4 Å². The van der Waals surface area contributed by atoms with Crippen LogP contribution in [0.25, 0.3) is 0 Å². The van der Waals surface area contributed by atoms with E-state index >= 15 is 0 Å². The van der Waals surface area contributed by atoms with Gasteiger partial charge in [-0.25, -0.2) is 4.98 Å². The van der Waals surface area contributed by atoms with Crippen LogP contribution in [0.5, 0.6) is 11.5 Å². The summed E-state index contributed by atoms with van der Waals surface area (Å²) in [6.45, 7) is 3.56. The van der Waals surface area contributed by atoms with Crippen molar-refractivity contribution >= 4 is 0 Å². The highest BCUT2D eigenvalue weighted by Gasteiger charge is 2.21. The van der Waals surface area contributed by atoms with E-state index in [2.05, 4.69) is 34.3 Å². The summed E-state index contributed by atoms with van der Waals surface area (Å²) in [6, 6.07) is 4.17. The molecular weight excluding hydrogens is 254 g/mol. The van der Waals surface area contributed by atoms with E-state index in [0.717, 1.165) is 42.3 Å². The molecule has 1 aliphatic heterocycles. The van der Waals surface area contributed by atoms with Crippen molar-refractivity contribution < 1.29 is 9.47 Å². The summed E-state index contributed by atoms with van der Waals surface area (Å²) in [4.78, 5) is 7.07. The van der Waals surface area contributed by atoms with Crippen molar-refractivity contribution in [3.63, 3.8) is 0 Å². The lowest BCUT2D eigenvalue weighted by Crippen LogP contribution is -2.13. The van der Waals surface area contributed by atoms with Crippen molar-refractivity contribution in [2.24, 2.45) is 0 Å². The zero-order valence-corrected chi connectivity index (χ0v) is 11.8. The van der Waals surface area contributed by atoms with Crippen LogP contribution in [0.2, 0.25) is 0 Å². The summed E-state index contributed by atoms with van der Waals surface area (Å²) in [5, 5.41) is 3.37. The number of imidazole rings is 1. The molecule has 2 aromatic rings. The molecule has 0 amide bonds. The summed E-state index contributed by atoms with van der Waals surface area (Å²) in [5.74, 6) is 1.90. The lowest BCUT2D eigenvalue weighted by atomic mass is 10.1. The minimum Gasteiger partial charge on any atom is -0.496 e. The number of hydrogen-bond acceptors (Lipinski definition) is 4. The highest BCUT2D eigenvalue weighted by Crippen LogP contribution is 2.34. The van der Waals surface area contributed by atoms with Gasteiger partial charge in [-0.1, -0.05) is 0 Å². The van der Waals surface area contributed by atoms with E-state index in [4.69, 9.17) is 9.47 Å². The molecule has 106 valence electrons. The molecule has 0 radical (unpaired) electrons. The van der Waals surface area contributed by atoms with Gasteiger partial charge in [-0.2, -0.15) is 0 Å². The standard InChI is InChI=1S/C15H19N3O2/c1-10-3-11-4-14(19-2)12(5-15(11)20-10)6-16-7-13-8-17-9-18-13/h4-5,8-10,16H,3,6-7H2,1-2H3,(H,17,18). The van der Waals surface area contributed by atoms with Gasteiger partial charge in [0.1, 0.15) is 17.6 Å². The molecule has 5 nitrogen and oxygen atoms in total. The molecule has 5 heteroatoms. The number of aromatic amines is 1. The van der Waals surface area contributed by atoms with Gasteiger partial charge in [0.05, 0.1) is 13.4 Å². The molecule has 1 unspecified atom stereocenters. The minimum atomic E-state index is 0.253. The fourth-order valence-electron chi connectivity index (χ4n) is 2.52. The van der Waals surface area contributed by atoms with Crippen LogP contribution >= 0.6 is 0 Å². The summed E-state index contributed by atoms with van der Waals surface area (Å²) >= 11 is 0. The molecule has 1 aromatic carbocycles. The Kier molecular flexibility index (Phi) is 3.60. The third-order valence-electron chi connectivity index (χ3n) is 3.48. The maximum absolute atomic E-state index is 5.80. The Morgan fingerprint density at radius 1 is 1.45 bits per heavy atom. The predicted molar refractivity (Wildman–Crippen MR) is 75.9 cm³/mol. The van der Waals surface area contributed by atoms with Gasteiger partial charge < -0.3 is 19.8 Å². The largest absolute Gasteiger partial charge is 0.496 e. The monoisotopic (exact) mass is 273 g/mol. The van der Waals surface area contributed by atoms with Crippen molar-refractivity contribution in [2.45, 2.75) is 32.5 Å². The van der Waals surface area contributed by atoms with Crippen LogP contribution in [0, 0.1) is 0 Å². The smallest absolute Gasteiger partial charge is 0.123 e. The van der Waals surface area contributed by atoms with Crippen LogP contribution in [-0.4, -0.2) is 23.2 Å². The third-order valence-corrected chi connectivity index (χ3v) is 3.48. The van der Waals surface area contributed by atoms with Gasteiger partial charge in [-0.05, 0) is 19.1 Å². The van der Waals surface area contributed by atoms with E-state index in [9.17, 15) is 0 Å². The number of benzene rings is 1. The molecule has 2 heterocycles. The Morgan fingerprint density at radius 2 is 2.35 bits per heavy atom. The van der Waals surface area contributed by atoms with Crippen LogP contribution in [0.1, 0.15) is 23.7 Å². The van der Waals surface area contributed by atoms with Crippen molar-refractivity contribution in [3.05, 3.63) is 41.5 Å². The molecular formula is C15H19N3O2. The van der Waals surface area contributed by atoms with Crippen LogP contribution in [0.4, 0.5) is 0 Å². The van der Waals surface area contributed by atoms with Gasteiger partial charge in [0.15, 0.2) is 0 Å². The zero-order valence-electron chi connectivity index (χ0n) is 11.8. The van der Waals surface area contributed by atoms with Crippen LogP contribution in [0.3, 0.4) is 0 Å². The first-order valence-corrected chi connectivity index (χ1v) is 6.80. The van der Waals surface area contributed by atoms with E-state index in [0.29, 0.717) is 0 Å². The zero-order chi connectivity index (χ0) is 13.9. The number of nitrogens with one attached hydrogen (secondary N) is 2. The highest BCUT2D eigenvalue weighted by atomic mass is 16.5. The minimum absolute atomic E-state index is 0.253. The van der Waals surface area contributed by atoms with Crippen molar-refractivity contribution in [1.29, 1.82) is 0 Å². The maximum Gasteiger partial charge on any atom is 0.123 e. The molecule has 0 saturated carbocycles. The Balaban J connectivity index is 1.70. The molecule has 1 atom stereocenters. The van der Waals surface area contributed by atoms with Gasteiger partial charge in [0.2, 0.25) is 0 Å². The van der Waals surface area contributed by atoms with Gasteiger partial charge >= 0.3 is 0 Å². The van der Waals surface area contributed by atoms with Crippen molar-refractivity contribution in [3.8, 4) is 11.5 Å². The Morgan fingerprint density at radius 3 is 3.10 bits per heavy atom. The average Bonchev–Trinajstić information content (AvgIpc) is 3.05. The van der Waals surface area contributed by atoms with Crippen LogP contribution in [0.15, 0.2) is 24.7 Å². The van der Waals surface area contributed by atoms with Gasteiger partial charge in [-0.15, -0.1) is 0 Å². The lowest BCUT2D eigenvalue weighted by molar-refractivity contribution is 0.254. The maximum atomic E-state index is 5.80. The third kappa shape index (κ3) is 2.63. The SMILES string of the molecule is COc1cc2c(cc1CNCc1cnc[nH]1)OC(C)C2. The lowest BCUT2D eigenvalue weighted by Gasteiger charge is -2.11. The number of methoxy groups -OCH3 is 1. The van der Waals surface area contributed by atoms with Gasteiger partial charge in [0, 0.05) is 42.5 Å². The molecule has 0 fully saturated rings. The number of nitrogens with zero attached hydrogens (tertiary/aromatic N) is 1. The molecule has 0 saturated heterocycles. The number of ether oxygens (including phenoxy) is 2. The number of aromatic nitrogens is 2. The quantitative estimate of drug-likeness (QED) is 0.875.